The molecule has 3 heteroatoms. The highest BCUT2D eigenvalue weighted by Gasteiger charge is 2.44. The maximum atomic E-state index is 10.6. The topological polar surface area (TPSA) is 37.3 Å². The minimum Gasteiger partial charge on any atom is -0.481 e. The Kier molecular flexibility index (Phi) is 2.12. The van der Waals surface area contributed by atoms with Gasteiger partial charge in [0.05, 0.1) is 5.92 Å². The van der Waals surface area contributed by atoms with Gasteiger partial charge in [-0.3, -0.25) is 4.79 Å². The van der Waals surface area contributed by atoms with Crippen molar-refractivity contribution in [2.45, 2.75) is 12.3 Å². The van der Waals surface area contributed by atoms with Crippen LogP contribution in [-0.2, 0) is 4.79 Å². The number of aliphatic carboxylic acids is 1. The van der Waals surface area contributed by atoms with E-state index in [0.29, 0.717) is 0 Å². The molecule has 0 aromatic heterocycles. The molecule has 1 aliphatic rings. The summed E-state index contributed by atoms with van der Waals surface area (Å²) in [4.78, 5) is 10.6. The van der Waals surface area contributed by atoms with E-state index in [-0.39, 0.29) is 11.8 Å². The van der Waals surface area contributed by atoms with Crippen LogP contribution in [-0.4, -0.2) is 11.1 Å². The molecule has 0 spiro atoms. The molecular formula is C10H9BrO2. The summed E-state index contributed by atoms with van der Waals surface area (Å²) >= 11 is 3.42. The predicted octanol–water partition coefficient (Wildman–Crippen LogP) is 2.64. The van der Waals surface area contributed by atoms with Crippen molar-refractivity contribution in [3.05, 3.63) is 34.3 Å². The van der Waals surface area contributed by atoms with Crippen LogP contribution < -0.4 is 0 Å². The number of benzene rings is 1. The summed E-state index contributed by atoms with van der Waals surface area (Å²) in [7, 11) is 0. The highest BCUT2D eigenvalue weighted by molar-refractivity contribution is 9.10. The Morgan fingerprint density at radius 3 is 2.69 bits per heavy atom. The lowest BCUT2D eigenvalue weighted by atomic mass is 10.1. The molecule has 0 radical (unpaired) electrons. The van der Waals surface area contributed by atoms with Gasteiger partial charge in [-0.2, -0.15) is 0 Å². The van der Waals surface area contributed by atoms with Gasteiger partial charge in [0.25, 0.3) is 0 Å². The van der Waals surface area contributed by atoms with Crippen molar-refractivity contribution in [2.24, 2.45) is 5.92 Å². The van der Waals surface area contributed by atoms with Gasteiger partial charge in [0.2, 0.25) is 0 Å². The van der Waals surface area contributed by atoms with Crippen molar-refractivity contribution in [1.29, 1.82) is 0 Å². The fourth-order valence-electron chi connectivity index (χ4n) is 1.59. The molecule has 2 rings (SSSR count). The standard InChI is InChI=1S/C10H9BrO2/c11-9-4-2-1-3-6(9)7-5-8(7)10(12)13/h1-4,7-8H,5H2,(H,12,13)/t7-,8+/m1/s1. The third-order valence-electron chi connectivity index (χ3n) is 2.41. The number of carboxylic acid groups (broad SMARTS) is 1. The monoisotopic (exact) mass is 240 g/mol. The zero-order valence-corrected chi connectivity index (χ0v) is 8.49. The minimum absolute atomic E-state index is 0.168. The SMILES string of the molecule is O=C(O)[C@H]1C[C@@H]1c1ccccc1Br. The molecule has 2 nitrogen and oxygen atoms in total. The van der Waals surface area contributed by atoms with Gasteiger partial charge in [-0.05, 0) is 24.0 Å². The third kappa shape index (κ3) is 1.61. The lowest BCUT2D eigenvalue weighted by Gasteiger charge is -2.00. The molecule has 1 aromatic carbocycles. The van der Waals surface area contributed by atoms with Crippen molar-refractivity contribution in [2.75, 3.05) is 0 Å². The Hall–Kier alpha value is -0.830. The summed E-state index contributed by atoms with van der Waals surface area (Å²) in [6.45, 7) is 0. The third-order valence-corrected chi connectivity index (χ3v) is 3.13. The molecule has 0 amide bonds. The van der Waals surface area contributed by atoms with Crippen molar-refractivity contribution >= 4 is 21.9 Å². The van der Waals surface area contributed by atoms with Crippen LogP contribution >= 0.6 is 15.9 Å². The van der Waals surface area contributed by atoms with Crippen LogP contribution in [0.3, 0.4) is 0 Å². The molecular weight excluding hydrogens is 232 g/mol. The summed E-state index contributed by atoms with van der Waals surface area (Å²) in [6, 6.07) is 7.81. The first kappa shape index (κ1) is 8.75. The van der Waals surface area contributed by atoms with Gasteiger partial charge in [-0.25, -0.2) is 0 Å². The van der Waals surface area contributed by atoms with Crippen LogP contribution in [0.5, 0.6) is 0 Å². The fourth-order valence-corrected chi connectivity index (χ4v) is 2.17. The lowest BCUT2D eigenvalue weighted by Crippen LogP contribution is -1.99. The molecule has 1 aliphatic carbocycles. The van der Waals surface area contributed by atoms with Crippen LogP contribution in [0.4, 0.5) is 0 Å². The van der Waals surface area contributed by atoms with Gasteiger partial charge in [0, 0.05) is 4.47 Å². The van der Waals surface area contributed by atoms with E-state index in [1.165, 1.54) is 0 Å². The highest BCUT2D eigenvalue weighted by atomic mass is 79.9. The van der Waals surface area contributed by atoms with E-state index in [1.54, 1.807) is 0 Å². The maximum absolute atomic E-state index is 10.6. The first-order valence-electron chi connectivity index (χ1n) is 4.17. The van der Waals surface area contributed by atoms with Gasteiger partial charge < -0.3 is 5.11 Å². The highest BCUT2D eigenvalue weighted by Crippen LogP contribution is 2.49. The van der Waals surface area contributed by atoms with Crippen LogP contribution in [0.1, 0.15) is 17.9 Å². The van der Waals surface area contributed by atoms with Crippen LogP contribution in [0.25, 0.3) is 0 Å². The van der Waals surface area contributed by atoms with Crippen LogP contribution in [0, 0.1) is 5.92 Å². The zero-order chi connectivity index (χ0) is 9.42. The van der Waals surface area contributed by atoms with Crippen LogP contribution in [0.2, 0.25) is 0 Å². The summed E-state index contributed by atoms with van der Waals surface area (Å²) in [5.74, 6) is -0.632. The molecule has 0 bridgehead atoms. The van der Waals surface area contributed by atoms with Crippen molar-refractivity contribution in [1.82, 2.24) is 0 Å². The summed E-state index contributed by atoms with van der Waals surface area (Å²) in [5, 5.41) is 8.76. The number of rotatable bonds is 2. The van der Waals surface area contributed by atoms with E-state index in [0.717, 1.165) is 16.5 Å². The molecule has 1 aromatic rings. The van der Waals surface area contributed by atoms with Crippen LogP contribution in [0.15, 0.2) is 28.7 Å². The predicted molar refractivity (Wildman–Crippen MR) is 52.6 cm³/mol. The quantitative estimate of drug-likeness (QED) is 0.864. The Balaban J connectivity index is 2.21. The Labute approximate surface area is 84.7 Å². The maximum Gasteiger partial charge on any atom is 0.307 e. The molecule has 1 fully saturated rings. The molecule has 1 saturated carbocycles. The van der Waals surface area contributed by atoms with E-state index in [1.807, 2.05) is 24.3 Å². The number of carboxylic acids is 1. The zero-order valence-electron chi connectivity index (χ0n) is 6.90. The average molecular weight is 241 g/mol. The van der Waals surface area contributed by atoms with Gasteiger partial charge in [0.1, 0.15) is 0 Å². The van der Waals surface area contributed by atoms with Crippen molar-refractivity contribution in [3.8, 4) is 0 Å². The number of hydrogen-bond donors (Lipinski definition) is 1. The molecule has 1 N–H and O–H groups in total. The molecule has 13 heavy (non-hydrogen) atoms. The largest absolute Gasteiger partial charge is 0.481 e. The molecule has 0 saturated heterocycles. The van der Waals surface area contributed by atoms with E-state index < -0.39 is 5.97 Å². The average Bonchev–Trinajstić information content (AvgIpc) is 2.84. The Morgan fingerprint density at radius 2 is 2.15 bits per heavy atom. The van der Waals surface area contributed by atoms with E-state index in [4.69, 9.17) is 5.11 Å². The summed E-state index contributed by atoms with van der Waals surface area (Å²) in [5.41, 5.74) is 1.12. The first-order valence-corrected chi connectivity index (χ1v) is 4.96. The van der Waals surface area contributed by atoms with E-state index in [9.17, 15) is 4.79 Å². The fraction of sp³-hybridized carbons (Fsp3) is 0.300. The van der Waals surface area contributed by atoms with Gasteiger partial charge >= 0.3 is 5.97 Å². The second-order valence-electron chi connectivity index (χ2n) is 3.31. The van der Waals surface area contributed by atoms with E-state index in [2.05, 4.69) is 15.9 Å². The molecule has 0 unspecified atom stereocenters. The molecule has 0 heterocycles. The molecule has 2 atom stereocenters. The van der Waals surface area contributed by atoms with Gasteiger partial charge in [-0.15, -0.1) is 0 Å². The normalized spacial score (nSPS) is 25.6. The van der Waals surface area contributed by atoms with Gasteiger partial charge in [0.15, 0.2) is 0 Å². The second kappa shape index (κ2) is 3.14. The molecule has 68 valence electrons. The first-order chi connectivity index (χ1) is 6.20. The number of carbonyl (C=O) groups is 1. The van der Waals surface area contributed by atoms with Gasteiger partial charge in [-0.1, -0.05) is 34.1 Å². The number of halogens is 1. The number of hydrogen-bond acceptors (Lipinski definition) is 1. The molecule has 0 aliphatic heterocycles. The Morgan fingerprint density at radius 1 is 1.46 bits per heavy atom. The second-order valence-corrected chi connectivity index (χ2v) is 4.16. The summed E-state index contributed by atoms with van der Waals surface area (Å²) in [6.07, 6.45) is 0.776. The smallest absolute Gasteiger partial charge is 0.307 e. The Bertz CT molecular complexity index is 349. The van der Waals surface area contributed by atoms with E-state index >= 15 is 0 Å². The van der Waals surface area contributed by atoms with Crippen molar-refractivity contribution in [3.63, 3.8) is 0 Å². The lowest BCUT2D eigenvalue weighted by molar-refractivity contribution is -0.138. The van der Waals surface area contributed by atoms with Crippen molar-refractivity contribution < 1.29 is 9.90 Å². The minimum atomic E-state index is -0.680. The summed E-state index contributed by atoms with van der Waals surface area (Å²) < 4.78 is 1.02.